The summed E-state index contributed by atoms with van der Waals surface area (Å²) >= 11 is 0. The summed E-state index contributed by atoms with van der Waals surface area (Å²) in [5.74, 6) is 0. The second-order valence-corrected chi connectivity index (χ2v) is 16.0. The highest BCUT2D eigenvalue weighted by atomic mass is 15.0. The van der Waals surface area contributed by atoms with Gasteiger partial charge in [0.15, 0.2) is 0 Å². The summed E-state index contributed by atoms with van der Waals surface area (Å²) in [6, 6.07) is 80.9. The first-order chi connectivity index (χ1) is 29.3. The maximum Gasteiger partial charge on any atom is 0.0725 e. The van der Waals surface area contributed by atoms with Crippen molar-refractivity contribution in [1.29, 1.82) is 0 Å². The summed E-state index contributed by atoms with van der Waals surface area (Å²) in [6.07, 6.45) is 0. The van der Waals surface area contributed by atoms with Crippen LogP contribution in [-0.2, 0) is 5.41 Å². The van der Waals surface area contributed by atoms with Gasteiger partial charge in [0.1, 0.15) is 0 Å². The van der Waals surface area contributed by atoms with Crippen LogP contribution in [-0.4, -0.2) is 9.13 Å². The van der Waals surface area contributed by atoms with E-state index in [1.165, 1.54) is 99.6 Å². The Labute approximate surface area is 342 Å². The summed E-state index contributed by atoms with van der Waals surface area (Å²) in [4.78, 5) is 0. The molecule has 0 saturated heterocycles. The zero-order chi connectivity index (χ0) is 38.7. The maximum atomic E-state index is 2.49. The first-order valence-corrected chi connectivity index (χ1v) is 20.5. The van der Waals surface area contributed by atoms with Crippen molar-refractivity contribution in [2.75, 3.05) is 0 Å². The van der Waals surface area contributed by atoms with Crippen LogP contribution < -0.4 is 0 Å². The Morgan fingerprint density at radius 2 is 0.831 bits per heavy atom. The summed E-state index contributed by atoms with van der Waals surface area (Å²) in [6.45, 7) is 0. The van der Waals surface area contributed by atoms with Gasteiger partial charge in [0.05, 0.1) is 27.7 Å². The van der Waals surface area contributed by atoms with Gasteiger partial charge in [0.2, 0.25) is 0 Å². The second-order valence-electron chi connectivity index (χ2n) is 16.0. The van der Waals surface area contributed by atoms with E-state index in [0.29, 0.717) is 0 Å². The molecule has 0 fully saturated rings. The maximum absolute atomic E-state index is 2.49. The van der Waals surface area contributed by atoms with E-state index < -0.39 is 0 Å². The fraction of sp³-hybridized carbons (Fsp3) is 0.0175. The average molecular weight is 749 g/mol. The lowest BCUT2D eigenvalue weighted by Crippen LogP contribution is -2.25. The van der Waals surface area contributed by atoms with Crippen LogP contribution >= 0.6 is 0 Å². The minimum atomic E-state index is -0.381. The summed E-state index contributed by atoms with van der Waals surface area (Å²) in [5.41, 5.74) is 21.0. The van der Waals surface area contributed by atoms with Crippen molar-refractivity contribution in [2.24, 2.45) is 0 Å². The van der Waals surface area contributed by atoms with Crippen molar-refractivity contribution in [3.63, 3.8) is 0 Å². The number of hydrogen-bond acceptors (Lipinski definition) is 0. The fourth-order valence-electron chi connectivity index (χ4n) is 10.8. The molecule has 0 amide bonds. The van der Waals surface area contributed by atoms with Crippen molar-refractivity contribution in [3.8, 4) is 56.0 Å². The molecule has 2 aromatic heterocycles. The third-order valence-corrected chi connectivity index (χ3v) is 13.1. The zero-order valence-electron chi connectivity index (χ0n) is 32.2. The van der Waals surface area contributed by atoms with Crippen molar-refractivity contribution < 1.29 is 0 Å². The van der Waals surface area contributed by atoms with Crippen LogP contribution in [0.1, 0.15) is 22.3 Å². The molecule has 13 rings (SSSR count). The smallest absolute Gasteiger partial charge is 0.0725 e. The van der Waals surface area contributed by atoms with Gasteiger partial charge in [-0.05, 0) is 110 Å². The number of para-hydroxylation sites is 2. The molecule has 2 aliphatic carbocycles. The molecule has 0 N–H and O–H groups in total. The minimum absolute atomic E-state index is 0.381. The third kappa shape index (κ3) is 4.35. The Balaban J connectivity index is 1.05. The molecule has 2 aliphatic rings. The molecule has 0 saturated carbocycles. The molecule has 9 aromatic carbocycles. The second kappa shape index (κ2) is 12.2. The molecule has 274 valence electrons. The lowest BCUT2D eigenvalue weighted by atomic mass is 9.70. The Morgan fingerprint density at radius 1 is 0.288 bits per heavy atom. The molecule has 2 nitrogen and oxygen atoms in total. The summed E-state index contributed by atoms with van der Waals surface area (Å²) in [7, 11) is 0. The molecule has 59 heavy (non-hydrogen) atoms. The molecule has 2 heteroatoms. The lowest BCUT2D eigenvalue weighted by molar-refractivity contribution is 0.794. The zero-order valence-corrected chi connectivity index (χ0v) is 32.2. The lowest BCUT2D eigenvalue weighted by Gasteiger charge is -2.30. The highest BCUT2D eigenvalue weighted by Crippen LogP contribution is 2.63. The Morgan fingerprint density at radius 3 is 1.54 bits per heavy atom. The Kier molecular flexibility index (Phi) is 6.68. The van der Waals surface area contributed by atoms with Crippen molar-refractivity contribution >= 4 is 32.7 Å². The molecule has 1 spiro atoms. The molecule has 0 radical (unpaired) electrons. The molecule has 0 atom stereocenters. The van der Waals surface area contributed by atoms with Crippen LogP contribution in [0.3, 0.4) is 0 Å². The van der Waals surface area contributed by atoms with Gasteiger partial charge in [-0.3, -0.25) is 0 Å². The highest BCUT2D eigenvalue weighted by Gasteiger charge is 2.51. The standard InChI is InChI=1S/C57H36N2/c1-3-16-37(17-4-1)55-36-48-54(58(55)40-19-5-2-6-20-40)33-32-47-46-25-10-14-29-53(46)59(56(47)48)41-21-15-18-38(34-41)39-30-31-45-44-24-9-13-28-51(44)57(52(45)35-39)49-26-11-7-22-42(49)43-23-8-12-27-50(43)57/h1-36H. The molecule has 0 unspecified atom stereocenters. The predicted molar refractivity (Wildman–Crippen MR) is 245 cm³/mol. The number of hydrogen-bond donors (Lipinski definition) is 0. The quantitative estimate of drug-likeness (QED) is 0.170. The predicted octanol–water partition coefficient (Wildman–Crippen LogP) is 14.4. The largest absolute Gasteiger partial charge is 0.309 e. The van der Waals surface area contributed by atoms with Crippen molar-refractivity contribution in [2.45, 2.75) is 5.41 Å². The number of nitrogens with zero attached hydrogens (tertiary/aromatic N) is 2. The van der Waals surface area contributed by atoms with Crippen molar-refractivity contribution in [3.05, 3.63) is 241 Å². The van der Waals surface area contributed by atoms with Crippen molar-refractivity contribution in [1.82, 2.24) is 9.13 Å². The van der Waals surface area contributed by atoms with Crippen LogP contribution in [0.2, 0.25) is 0 Å². The van der Waals surface area contributed by atoms with E-state index in [2.05, 4.69) is 228 Å². The summed E-state index contributed by atoms with van der Waals surface area (Å²) < 4.78 is 4.91. The molecule has 11 aromatic rings. The first kappa shape index (κ1) is 32.4. The monoisotopic (exact) mass is 748 g/mol. The van der Waals surface area contributed by atoms with E-state index in [0.717, 1.165) is 11.4 Å². The van der Waals surface area contributed by atoms with E-state index in [-0.39, 0.29) is 5.41 Å². The van der Waals surface area contributed by atoms with Crippen LogP contribution in [0.15, 0.2) is 218 Å². The molecule has 2 heterocycles. The third-order valence-electron chi connectivity index (χ3n) is 13.1. The SMILES string of the molecule is c1ccc(-c2cc3c(ccc4c5ccccc5n(-c5cccc(-c6ccc7c(c6)C6(c8ccccc8-c8ccccc86)c6ccccc6-7)c5)c43)n2-c2ccccc2)cc1. The van der Waals surface area contributed by atoms with Crippen LogP contribution in [0.25, 0.3) is 88.7 Å². The highest BCUT2D eigenvalue weighted by molar-refractivity contribution is 6.19. The van der Waals surface area contributed by atoms with E-state index >= 15 is 0 Å². The van der Waals surface area contributed by atoms with Crippen LogP contribution in [0.5, 0.6) is 0 Å². The van der Waals surface area contributed by atoms with Gasteiger partial charge in [-0.2, -0.15) is 0 Å². The van der Waals surface area contributed by atoms with E-state index in [1.54, 1.807) is 0 Å². The fourth-order valence-corrected chi connectivity index (χ4v) is 10.8. The van der Waals surface area contributed by atoms with Gasteiger partial charge in [0.25, 0.3) is 0 Å². The van der Waals surface area contributed by atoms with Gasteiger partial charge in [-0.25, -0.2) is 0 Å². The van der Waals surface area contributed by atoms with Gasteiger partial charge in [-0.15, -0.1) is 0 Å². The molecule has 0 bridgehead atoms. The number of rotatable bonds is 4. The topological polar surface area (TPSA) is 9.86 Å². The number of benzene rings is 9. The van der Waals surface area contributed by atoms with E-state index in [9.17, 15) is 0 Å². The van der Waals surface area contributed by atoms with E-state index in [1.807, 2.05) is 0 Å². The number of aromatic nitrogens is 2. The first-order valence-electron chi connectivity index (χ1n) is 20.5. The summed E-state index contributed by atoms with van der Waals surface area (Å²) in [5, 5.41) is 3.72. The van der Waals surface area contributed by atoms with Gasteiger partial charge < -0.3 is 9.13 Å². The average Bonchev–Trinajstić information content (AvgIpc) is 4.04. The van der Waals surface area contributed by atoms with Gasteiger partial charge in [0, 0.05) is 27.5 Å². The van der Waals surface area contributed by atoms with Crippen LogP contribution in [0.4, 0.5) is 0 Å². The molecular weight excluding hydrogens is 713 g/mol. The Hall–Kier alpha value is -7.68. The van der Waals surface area contributed by atoms with Crippen LogP contribution in [0, 0.1) is 0 Å². The van der Waals surface area contributed by atoms with Gasteiger partial charge >= 0.3 is 0 Å². The molecule has 0 aliphatic heterocycles. The van der Waals surface area contributed by atoms with Gasteiger partial charge in [-0.1, -0.05) is 170 Å². The number of fused-ring (bicyclic) bond motifs is 15. The molecular formula is C57H36N2. The Bertz CT molecular complexity index is 3430. The minimum Gasteiger partial charge on any atom is -0.309 e. The van der Waals surface area contributed by atoms with E-state index in [4.69, 9.17) is 0 Å². The normalized spacial score (nSPS) is 13.2.